The van der Waals surface area contributed by atoms with Crippen LogP contribution in [0.5, 0.6) is 0 Å². The topological polar surface area (TPSA) is 55.1 Å². The summed E-state index contributed by atoms with van der Waals surface area (Å²) in [5, 5.41) is 2.01. The van der Waals surface area contributed by atoms with E-state index in [0.29, 0.717) is 12.1 Å². The molecule has 0 aromatic heterocycles. The Morgan fingerprint density at radius 2 is 1.48 bits per heavy atom. The van der Waals surface area contributed by atoms with Crippen molar-refractivity contribution in [2.75, 3.05) is 5.32 Å². The summed E-state index contributed by atoms with van der Waals surface area (Å²) in [6.45, 7) is 3.55. The molecule has 1 atom stereocenters. The molecule has 0 aliphatic carbocycles. The fourth-order valence-electron chi connectivity index (χ4n) is 1.88. The number of amides is 1. The van der Waals surface area contributed by atoms with Crippen LogP contribution < -0.4 is 11.1 Å². The lowest BCUT2D eigenvalue weighted by Gasteiger charge is -2.17. The maximum Gasteiger partial charge on any atom is 0.416 e. The van der Waals surface area contributed by atoms with Gasteiger partial charge >= 0.3 is 12.4 Å². The number of carbonyl (C=O) groups is 1. The second-order valence-corrected chi connectivity index (χ2v) is 5.52. The number of rotatable bonds is 4. The summed E-state index contributed by atoms with van der Waals surface area (Å²) in [6.07, 6.45) is -9.70. The van der Waals surface area contributed by atoms with Crippen LogP contribution in [-0.2, 0) is 17.1 Å². The lowest BCUT2D eigenvalue weighted by Crippen LogP contribution is -2.36. The van der Waals surface area contributed by atoms with Crippen molar-refractivity contribution in [2.45, 2.75) is 38.7 Å². The highest BCUT2D eigenvalue weighted by Gasteiger charge is 2.37. The van der Waals surface area contributed by atoms with E-state index in [4.69, 9.17) is 5.73 Å². The molecule has 1 amide bonds. The van der Waals surface area contributed by atoms with E-state index >= 15 is 0 Å². The van der Waals surface area contributed by atoms with Gasteiger partial charge in [-0.3, -0.25) is 4.79 Å². The van der Waals surface area contributed by atoms with Crippen LogP contribution in [0.25, 0.3) is 0 Å². The number of alkyl halides is 6. The van der Waals surface area contributed by atoms with E-state index in [0.717, 1.165) is 0 Å². The molecule has 1 rings (SSSR count). The number of hydrogen-bond donors (Lipinski definition) is 2. The quantitative estimate of drug-likeness (QED) is 0.812. The van der Waals surface area contributed by atoms with Gasteiger partial charge in [0.25, 0.3) is 0 Å². The van der Waals surface area contributed by atoms with Gasteiger partial charge in [0.2, 0.25) is 5.91 Å². The van der Waals surface area contributed by atoms with Crippen molar-refractivity contribution in [3.05, 3.63) is 29.3 Å². The third-order valence-electron chi connectivity index (χ3n) is 2.92. The van der Waals surface area contributed by atoms with E-state index in [-0.39, 0.29) is 18.4 Å². The zero-order valence-corrected chi connectivity index (χ0v) is 12.3. The Balaban J connectivity index is 3.13. The molecule has 0 fully saturated rings. The predicted octanol–water partition coefficient (Wildman–Crippen LogP) is 4.04. The number of nitrogens with one attached hydrogen (secondary N) is 1. The Bertz CT molecular complexity index is 533. The number of halogens is 6. The van der Waals surface area contributed by atoms with Crippen molar-refractivity contribution < 1.29 is 31.1 Å². The summed E-state index contributed by atoms with van der Waals surface area (Å²) in [6, 6.07) is -0.160. The maximum absolute atomic E-state index is 12.7. The molecule has 0 aliphatic heterocycles. The molecule has 0 saturated heterocycles. The van der Waals surface area contributed by atoms with Crippen LogP contribution in [-0.4, -0.2) is 11.9 Å². The fourth-order valence-corrected chi connectivity index (χ4v) is 1.88. The van der Waals surface area contributed by atoms with Crippen molar-refractivity contribution in [3.63, 3.8) is 0 Å². The van der Waals surface area contributed by atoms with Crippen molar-refractivity contribution in [1.29, 1.82) is 0 Å². The van der Waals surface area contributed by atoms with E-state index in [9.17, 15) is 31.1 Å². The number of hydrogen-bond acceptors (Lipinski definition) is 2. The van der Waals surface area contributed by atoms with E-state index in [1.54, 1.807) is 13.8 Å². The van der Waals surface area contributed by atoms with E-state index in [2.05, 4.69) is 0 Å². The highest BCUT2D eigenvalue weighted by atomic mass is 19.4. The number of anilines is 1. The maximum atomic E-state index is 12.7. The number of nitrogens with two attached hydrogens (primary N) is 1. The van der Waals surface area contributed by atoms with Gasteiger partial charge in [-0.05, 0) is 30.5 Å². The van der Waals surface area contributed by atoms with Gasteiger partial charge in [-0.15, -0.1) is 0 Å². The molecular weight excluding hydrogens is 326 g/mol. The van der Waals surface area contributed by atoms with Gasteiger partial charge in [0.1, 0.15) is 0 Å². The Labute approximate surface area is 128 Å². The summed E-state index contributed by atoms with van der Waals surface area (Å²) < 4.78 is 76.2. The van der Waals surface area contributed by atoms with Crippen molar-refractivity contribution in [1.82, 2.24) is 0 Å². The minimum absolute atomic E-state index is 0.0102. The normalized spacial score (nSPS) is 14.0. The molecule has 0 unspecified atom stereocenters. The van der Waals surface area contributed by atoms with E-state index in [1.165, 1.54) is 0 Å². The zero-order chi connectivity index (χ0) is 18.0. The first-order valence-corrected chi connectivity index (χ1v) is 6.66. The Morgan fingerprint density at radius 1 is 1.04 bits per heavy atom. The molecule has 9 heteroatoms. The van der Waals surface area contributed by atoms with Gasteiger partial charge in [0, 0.05) is 5.69 Å². The van der Waals surface area contributed by atoms with Crippen LogP contribution in [0.15, 0.2) is 18.2 Å². The minimum Gasteiger partial charge on any atom is -0.325 e. The smallest absolute Gasteiger partial charge is 0.325 e. The molecule has 0 radical (unpaired) electrons. The summed E-state index contributed by atoms with van der Waals surface area (Å²) in [7, 11) is 0. The molecule has 0 spiro atoms. The van der Waals surface area contributed by atoms with Crippen LogP contribution in [0.2, 0.25) is 0 Å². The molecule has 130 valence electrons. The largest absolute Gasteiger partial charge is 0.416 e. The third-order valence-corrected chi connectivity index (χ3v) is 2.92. The van der Waals surface area contributed by atoms with Gasteiger partial charge < -0.3 is 11.1 Å². The Morgan fingerprint density at radius 3 is 1.83 bits per heavy atom. The van der Waals surface area contributed by atoms with Gasteiger partial charge in [-0.2, -0.15) is 26.3 Å². The van der Waals surface area contributed by atoms with Gasteiger partial charge in [0.05, 0.1) is 17.2 Å². The molecule has 0 aliphatic rings. The summed E-state index contributed by atoms with van der Waals surface area (Å²) in [5.74, 6) is -0.797. The van der Waals surface area contributed by atoms with Crippen molar-refractivity contribution in [2.24, 2.45) is 11.7 Å². The first-order valence-electron chi connectivity index (χ1n) is 6.66. The summed E-state index contributed by atoms with van der Waals surface area (Å²) in [4.78, 5) is 11.8. The average Bonchev–Trinajstić information content (AvgIpc) is 2.35. The molecule has 0 heterocycles. The first kappa shape index (κ1) is 19.3. The molecule has 0 bridgehead atoms. The molecule has 1 aromatic carbocycles. The minimum atomic E-state index is -4.97. The van der Waals surface area contributed by atoms with Crippen molar-refractivity contribution >= 4 is 11.6 Å². The van der Waals surface area contributed by atoms with Crippen LogP contribution in [0.4, 0.5) is 32.0 Å². The molecular formula is C14H16F6N2O. The van der Waals surface area contributed by atoms with Crippen LogP contribution in [0.3, 0.4) is 0 Å². The van der Waals surface area contributed by atoms with Gasteiger partial charge in [-0.1, -0.05) is 13.8 Å². The lowest BCUT2D eigenvalue weighted by atomic mass is 10.0. The van der Waals surface area contributed by atoms with E-state index in [1.807, 2.05) is 5.32 Å². The highest BCUT2D eigenvalue weighted by Crippen LogP contribution is 2.37. The lowest BCUT2D eigenvalue weighted by molar-refractivity contribution is -0.143. The molecule has 1 aromatic rings. The fraction of sp³-hybridized carbons (Fsp3) is 0.500. The van der Waals surface area contributed by atoms with Crippen LogP contribution >= 0.6 is 0 Å². The molecule has 23 heavy (non-hydrogen) atoms. The third kappa shape index (κ3) is 5.74. The van der Waals surface area contributed by atoms with Crippen LogP contribution in [0.1, 0.15) is 31.4 Å². The number of carbonyl (C=O) groups excluding carboxylic acids is 1. The second kappa shape index (κ2) is 6.77. The second-order valence-electron chi connectivity index (χ2n) is 5.52. The highest BCUT2D eigenvalue weighted by molar-refractivity contribution is 5.94. The predicted molar refractivity (Wildman–Crippen MR) is 72.5 cm³/mol. The van der Waals surface area contributed by atoms with Crippen molar-refractivity contribution in [3.8, 4) is 0 Å². The number of benzene rings is 1. The molecule has 3 nitrogen and oxygen atoms in total. The first-order chi connectivity index (χ1) is 10.3. The van der Waals surface area contributed by atoms with Gasteiger partial charge in [0.15, 0.2) is 0 Å². The van der Waals surface area contributed by atoms with Crippen LogP contribution in [0, 0.1) is 5.92 Å². The zero-order valence-electron chi connectivity index (χ0n) is 12.3. The Hall–Kier alpha value is -1.77. The SMILES string of the molecule is CC(C)C[C@H](N)C(=O)Nc1cc(C(F)(F)F)cc(C(F)(F)F)c1. The summed E-state index contributed by atoms with van der Waals surface area (Å²) >= 11 is 0. The van der Waals surface area contributed by atoms with Gasteiger partial charge in [-0.25, -0.2) is 0 Å². The molecule has 0 saturated carbocycles. The average molecular weight is 342 g/mol. The standard InChI is InChI=1S/C14H16F6N2O/c1-7(2)3-11(21)12(23)22-10-5-8(13(15,16)17)4-9(6-10)14(18,19)20/h4-7,11H,3,21H2,1-2H3,(H,22,23)/t11-/m0/s1. The molecule has 3 N–H and O–H groups in total. The summed E-state index contributed by atoms with van der Waals surface area (Å²) in [5.41, 5.74) is 1.96. The monoisotopic (exact) mass is 342 g/mol. The Kier molecular flexibility index (Phi) is 5.68. The van der Waals surface area contributed by atoms with E-state index < -0.39 is 41.1 Å².